The summed E-state index contributed by atoms with van der Waals surface area (Å²) in [4.78, 5) is 19.3. The number of nitrogens with zero attached hydrogens (tertiary/aromatic N) is 2. The molecule has 0 saturated heterocycles. The first-order valence-electron chi connectivity index (χ1n) is 6.10. The highest BCUT2D eigenvalue weighted by Crippen LogP contribution is 2.34. The molecule has 0 radical (unpaired) electrons. The number of aliphatic hydroxyl groups is 1. The van der Waals surface area contributed by atoms with Crippen LogP contribution >= 0.6 is 34.8 Å². The summed E-state index contributed by atoms with van der Waals surface area (Å²) in [5, 5.41) is 10.0. The molecule has 1 aromatic heterocycles. The molecular formula is C13H12Cl3FN2O3. The lowest BCUT2D eigenvalue weighted by atomic mass is 10.1. The lowest BCUT2D eigenvalue weighted by Crippen LogP contribution is -2.12. The van der Waals surface area contributed by atoms with Gasteiger partial charge >= 0.3 is 5.97 Å². The van der Waals surface area contributed by atoms with E-state index in [4.69, 9.17) is 39.5 Å². The Balaban J connectivity index is 3.38. The van der Waals surface area contributed by atoms with Gasteiger partial charge in [-0.15, -0.1) is 0 Å². The smallest absolute Gasteiger partial charge is 0.343 e. The summed E-state index contributed by atoms with van der Waals surface area (Å²) in [6.07, 6.45) is 2.15. The van der Waals surface area contributed by atoms with Gasteiger partial charge in [0.15, 0.2) is 0 Å². The number of pyridine rings is 1. The second-order valence-electron chi connectivity index (χ2n) is 3.80. The van der Waals surface area contributed by atoms with Crippen molar-refractivity contribution in [2.24, 2.45) is 4.99 Å². The number of hydrogen-bond acceptors (Lipinski definition) is 5. The first-order valence-corrected chi connectivity index (χ1v) is 7.23. The van der Waals surface area contributed by atoms with E-state index in [-0.39, 0.29) is 39.5 Å². The van der Waals surface area contributed by atoms with Crippen molar-refractivity contribution in [3.63, 3.8) is 0 Å². The summed E-state index contributed by atoms with van der Waals surface area (Å²) >= 11 is 17.5. The summed E-state index contributed by atoms with van der Waals surface area (Å²) in [6.45, 7) is 0.810. The van der Waals surface area contributed by atoms with Gasteiger partial charge in [0.05, 0.1) is 28.8 Å². The fourth-order valence-corrected chi connectivity index (χ4v) is 1.95. The third kappa shape index (κ3) is 4.56. The van der Waals surface area contributed by atoms with Crippen LogP contribution in [0.25, 0.3) is 5.76 Å². The standard InChI is InChI=1S/C13H12Cl3FN2O3/c1-2-22-13(21)8(5-18-4-3-17)11(20)7-6-19-12(16)10(15)9(7)14/h5-6,20H,2-4H2,1H3. The highest BCUT2D eigenvalue weighted by Gasteiger charge is 2.20. The van der Waals surface area contributed by atoms with Crippen LogP contribution in [0.3, 0.4) is 0 Å². The normalized spacial score (nSPS) is 12.4. The van der Waals surface area contributed by atoms with Crippen LogP contribution < -0.4 is 0 Å². The maximum absolute atomic E-state index is 12.1. The van der Waals surface area contributed by atoms with Gasteiger partial charge in [0.25, 0.3) is 0 Å². The third-order valence-corrected chi connectivity index (χ3v) is 3.60. The number of rotatable bonds is 6. The molecule has 9 heteroatoms. The van der Waals surface area contributed by atoms with Gasteiger partial charge in [-0.2, -0.15) is 0 Å². The Bertz CT molecular complexity index is 621. The molecule has 1 aromatic rings. The number of halogens is 4. The zero-order valence-electron chi connectivity index (χ0n) is 11.4. The van der Waals surface area contributed by atoms with Crippen molar-refractivity contribution >= 4 is 52.7 Å². The van der Waals surface area contributed by atoms with E-state index in [1.54, 1.807) is 6.92 Å². The molecular weight excluding hydrogens is 358 g/mol. The Kier molecular flexibility index (Phi) is 7.58. The summed E-state index contributed by atoms with van der Waals surface area (Å²) < 4.78 is 16.9. The first-order chi connectivity index (χ1) is 10.4. The van der Waals surface area contributed by atoms with Gasteiger partial charge in [-0.25, -0.2) is 14.2 Å². The summed E-state index contributed by atoms with van der Waals surface area (Å²) in [5.41, 5.74) is -0.316. The Morgan fingerprint density at radius 1 is 1.45 bits per heavy atom. The van der Waals surface area contributed by atoms with E-state index in [1.165, 1.54) is 0 Å². The first kappa shape index (κ1) is 18.7. The number of carbonyl (C=O) groups is 1. The zero-order valence-corrected chi connectivity index (χ0v) is 13.7. The molecule has 0 amide bonds. The Morgan fingerprint density at radius 2 is 2.14 bits per heavy atom. The molecule has 1 N–H and O–H groups in total. The Hall–Kier alpha value is -1.37. The summed E-state index contributed by atoms with van der Waals surface area (Å²) in [5.74, 6) is -1.39. The van der Waals surface area contributed by atoms with E-state index >= 15 is 0 Å². The van der Waals surface area contributed by atoms with Crippen molar-refractivity contribution in [2.75, 3.05) is 19.8 Å². The van der Waals surface area contributed by atoms with Gasteiger partial charge in [-0.05, 0) is 6.92 Å². The number of aliphatic imine (C=N–C) groups is 1. The van der Waals surface area contributed by atoms with Crippen LogP contribution in [0.15, 0.2) is 16.8 Å². The van der Waals surface area contributed by atoms with E-state index in [0.717, 1.165) is 12.4 Å². The highest BCUT2D eigenvalue weighted by molar-refractivity contribution is 6.48. The Morgan fingerprint density at radius 3 is 2.73 bits per heavy atom. The molecule has 1 rings (SSSR count). The SMILES string of the molecule is CCOC(=O)C(C=NCCF)=C(O)c1cnc(Cl)c(Cl)c1Cl. The van der Waals surface area contributed by atoms with Gasteiger partial charge in [-0.3, -0.25) is 4.99 Å². The molecule has 0 aromatic carbocycles. The van der Waals surface area contributed by atoms with Gasteiger partial charge in [0.2, 0.25) is 0 Å². The molecule has 0 spiro atoms. The van der Waals surface area contributed by atoms with Crippen molar-refractivity contribution in [1.29, 1.82) is 0 Å². The molecule has 0 aliphatic rings. The lowest BCUT2D eigenvalue weighted by Gasteiger charge is -2.09. The minimum Gasteiger partial charge on any atom is -0.506 e. The average Bonchev–Trinajstić information content (AvgIpc) is 2.49. The maximum Gasteiger partial charge on any atom is 0.343 e. The van der Waals surface area contributed by atoms with Crippen LogP contribution in [0.2, 0.25) is 15.2 Å². The number of aromatic nitrogens is 1. The number of aliphatic hydroxyl groups excluding tert-OH is 1. The Labute approximate surface area is 141 Å². The minimum atomic E-state index is -0.843. The van der Waals surface area contributed by atoms with Gasteiger partial charge in [0.1, 0.15) is 23.2 Å². The van der Waals surface area contributed by atoms with Gasteiger partial charge in [-0.1, -0.05) is 34.8 Å². The zero-order chi connectivity index (χ0) is 16.7. The number of esters is 1. The predicted octanol–water partition coefficient (Wildman–Crippen LogP) is 3.91. The molecule has 0 fully saturated rings. The summed E-state index contributed by atoms with van der Waals surface area (Å²) in [6, 6.07) is 0. The van der Waals surface area contributed by atoms with Crippen molar-refractivity contribution in [2.45, 2.75) is 6.92 Å². The van der Waals surface area contributed by atoms with Crippen molar-refractivity contribution in [1.82, 2.24) is 4.98 Å². The molecule has 0 atom stereocenters. The monoisotopic (exact) mass is 368 g/mol. The molecule has 0 aliphatic carbocycles. The van der Waals surface area contributed by atoms with Crippen LogP contribution in [-0.2, 0) is 9.53 Å². The molecule has 22 heavy (non-hydrogen) atoms. The molecule has 0 bridgehead atoms. The van der Waals surface area contributed by atoms with Gasteiger partial charge < -0.3 is 9.84 Å². The van der Waals surface area contributed by atoms with Crippen LogP contribution in [0, 0.1) is 0 Å². The van der Waals surface area contributed by atoms with Crippen LogP contribution in [0.1, 0.15) is 12.5 Å². The maximum atomic E-state index is 12.1. The second-order valence-corrected chi connectivity index (χ2v) is 4.91. The molecule has 0 saturated carbocycles. The van der Waals surface area contributed by atoms with E-state index < -0.39 is 18.4 Å². The van der Waals surface area contributed by atoms with E-state index in [1.807, 2.05) is 0 Å². The highest BCUT2D eigenvalue weighted by atomic mass is 35.5. The van der Waals surface area contributed by atoms with E-state index in [0.29, 0.717) is 0 Å². The number of hydrogen-bond donors (Lipinski definition) is 1. The van der Waals surface area contributed by atoms with E-state index in [9.17, 15) is 14.3 Å². The van der Waals surface area contributed by atoms with Crippen molar-refractivity contribution in [3.05, 3.63) is 32.5 Å². The molecule has 1 heterocycles. The summed E-state index contributed by atoms with van der Waals surface area (Å²) in [7, 11) is 0. The number of alkyl halides is 1. The van der Waals surface area contributed by atoms with E-state index in [2.05, 4.69) is 9.98 Å². The van der Waals surface area contributed by atoms with Crippen LogP contribution in [0.4, 0.5) is 4.39 Å². The largest absolute Gasteiger partial charge is 0.506 e. The van der Waals surface area contributed by atoms with Crippen LogP contribution in [-0.4, -0.2) is 42.1 Å². The van der Waals surface area contributed by atoms with Crippen molar-refractivity contribution in [3.8, 4) is 0 Å². The van der Waals surface area contributed by atoms with Crippen LogP contribution in [0.5, 0.6) is 0 Å². The molecule has 120 valence electrons. The quantitative estimate of drug-likeness (QED) is 0.271. The topological polar surface area (TPSA) is 71.8 Å². The van der Waals surface area contributed by atoms with Gasteiger partial charge in [0, 0.05) is 12.4 Å². The second kappa shape index (κ2) is 8.92. The fourth-order valence-electron chi connectivity index (χ4n) is 1.38. The minimum absolute atomic E-state index is 0.0224. The van der Waals surface area contributed by atoms with Crippen molar-refractivity contribution < 1.29 is 19.0 Å². The molecule has 0 aliphatic heterocycles. The fraction of sp³-hybridized carbons (Fsp3) is 0.308. The predicted molar refractivity (Wildman–Crippen MR) is 84.8 cm³/mol. The third-order valence-electron chi connectivity index (χ3n) is 2.36. The average molecular weight is 370 g/mol. The molecule has 5 nitrogen and oxygen atoms in total. The lowest BCUT2D eigenvalue weighted by molar-refractivity contribution is -0.137. The molecule has 0 unspecified atom stereocenters. The number of ether oxygens (including phenoxy) is 1. The number of carbonyl (C=O) groups excluding carboxylic acids is 1.